The van der Waals surface area contributed by atoms with Crippen molar-refractivity contribution in [2.45, 2.75) is 45.1 Å². The van der Waals surface area contributed by atoms with Crippen LogP contribution in [0.1, 0.15) is 38.7 Å². The lowest BCUT2D eigenvalue weighted by molar-refractivity contribution is 0.449. The zero-order chi connectivity index (χ0) is 12.2. The van der Waals surface area contributed by atoms with Gasteiger partial charge in [-0.15, -0.1) is 0 Å². The second kappa shape index (κ2) is 5.65. The van der Waals surface area contributed by atoms with Gasteiger partial charge in [0.15, 0.2) is 0 Å². The van der Waals surface area contributed by atoms with Crippen molar-refractivity contribution < 1.29 is 4.39 Å². The van der Waals surface area contributed by atoms with Crippen molar-refractivity contribution in [2.24, 2.45) is 5.73 Å². The van der Waals surface area contributed by atoms with E-state index in [2.05, 4.69) is 0 Å². The number of hydrogen-bond acceptors (Lipinski definition) is 1. The molecular formula is C13H19ClFN. The van der Waals surface area contributed by atoms with Gasteiger partial charge in [-0.05, 0) is 56.9 Å². The summed E-state index contributed by atoms with van der Waals surface area (Å²) >= 11 is 5.82. The molecule has 0 saturated heterocycles. The van der Waals surface area contributed by atoms with Gasteiger partial charge in [-0.25, -0.2) is 4.39 Å². The minimum absolute atomic E-state index is 0.132. The summed E-state index contributed by atoms with van der Waals surface area (Å²) in [6, 6.07) is 4.69. The monoisotopic (exact) mass is 243 g/mol. The summed E-state index contributed by atoms with van der Waals surface area (Å²) in [4.78, 5) is 0. The lowest BCUT2D eigenvalue weighted by atomic mass is 9.97. The van der Waals surface area contributed by atoms with Crippen LogP contribution in [0.5, 0.6) is 0 Å². The lowest BCUT2D eigenvalue weighted by Crippen LogP contribution is -2.31. The lowest BCUT2D eigenvalue weighted by Gasteiger charge is -2.17. The molecule has 0 aliphatic rings. The smallest absolute Gasteiger partial charge is 0.126 e. The maximum Gasteiger partial charge on any atom is 0.126 e. The maximum absolute atomic E-state index is 13.3. The minimum atomic E-state index is -0.170. The van der Waals surface area contributed by atoms with Gasteiger partial charge in [0.05, 0.1) is 0 Å². The second-order valence-electron chi connectivity index (χ2n) is 4.93. The van der Waals surface area contributed by atoms with Crippen molar-refractivity contribution in [3.05, 3.63) is 34.6 Å². The molecule has 1 aromatic rings. The van der Waals surface area contributed by atoms with Crippen LogP contribution in [0.25, 0.3) is 0 Å². The summed E-state index contributed by atoms with van der Waals surface area (Å²) in [5, 5.41) is 0.593. The molecule has 0 spiro atoms. The molecule has 3 heteroatoms. The molecule has 0 radical (unpaired) electrons. The number of rotatable bonds is 5. The molecule has 0 aromatic heterocycles. The van der Waals surface area contributed by atoms with E-state index < -0.39 is 0 Å². The van der Waals surface area contributed by atoms with E-state index in [9.17, 15) is 4.39 Å². The van der Waals surface area contributed by atoms with Crippen LogP contribution in [0.15, 0.2) is 18.2 Å². The largest absolute Gasteiger partial charge is 0.326 e. The molecule has 0 aliphatic carbocycles. The Morgan fingerprint density at radius 2 is 2.00 bits per heavy atom. The van der Waals surface area contributed by atoms with Crippen LogP contribution < -0.4 is 5.73 Å². The van der Waals surface area contributed by atoms with Gasteiger partial charge in [0.25, 0.3) is 0 Å². The number of aryl methyl sites for hydroxylation is 1. The summed E-state index contributed by atoms with van der Waals surface area (Å²) in [7, 11) is 0. The molecule has 0 bridgehead atoms. The molecule has 16 heavy (non-hydrogen) atoms. The summed E-state index contributed by atoms with van der Waals surface area (Å²) in [6.45, 7) is 4.01. The molecule has 2 N–H and O–H groups in total. The van der Waals surface area contributed by atoms with Gasteiger partial charge in [0, 0.05) is 10.6 Å². The average Bonchev–Trinajstić information content (AvgIpc) is 2.16. The van der Waals surface area contributed by atoms with Crippen LogP contribution in [-0.4, -0.2) is 5.54 Å². The summed E-state index contributed by atoms with van der Waals surface area (Å²) in [5.41, 5.74) is 6.44. The van der Waals surface area contributed by atoms with Crippen LogP contribution in [0.3, 0.4) is 0 Å². The van der Waals surface area contributed by atoms with Crippen molar-refractivity contribution in [3.63, 3.8) is 0 Å². The molecule has 0 aliphatic heterocycles. The van der Waals surface area contributed by atoms with Crippen LogP contribution >= 0.6 is 11.6 Å². The Bertz CT molecular complexity index is 344. The molecule has 0 unspecified atom stereocenters. The highest BCUT2D eigenvalue weighted by molar-refractivity contribution is 6.30. The summed E-state index contributed by atoms with van der Waals surface area (Å²) in [5.74, 6) is -0.170. The standard InChI is InChI=1S/C13H19ClFN/c1-13(2,16)8-4-3-5-10-9-11(14)6-7-12(10)15/h6-7,9H,3-5,8,16H2,1-2H3. The predicted octanol–water partition coefficient (Wildman–Crippen LogP) is 3.93. The van der Waals surface area contributed by atoms with Gasteiger partial charge in [-0.3, -0.25) is 0 Å². The third-order valence-electron chi connectivity index (χ3n) is 2.52. The van der Waals surface area contributed by atoms with Crippen molar-refractivity contribution in [1.29, 1.82) is 0 Å². The molecule has 1 nitrogen and oxygen atoms in total. The van der Waals surface area contributed by atoms with Crippen LogP contribution in [0, 0.1) is 5.82 Å². The first kappa shape index (κ1) is 13.5. The first-order valence-corrected chi connectivity index (χ1v) is 5.99. The van der Waals surface area contributed by atoms with Crippen molar-refractivity contribution in [3.8, 4) is 0 Å². The molecule has 0 saturated carbocycles. The first-order valence-electron chi connectivity index (χ1n) is 5.61. The van der Waals surface area contributed by atoms with Crippen molar-refractivity contribution in [2.75, 3.05) is 0 Å². The fourth-order valence-electron chi connectivity index (χ4n) is 1.63. The topological polar surface area (TPSA) is 26.0 Å². The van der Waals surface area contributed by atoms with E-state index in [1.165, 1.54) is 6.07 Å². The molecule has 0 atom stereocenters. The summed E-state index contributed by atoms with van der Waals surface area (Å²) < 4.78 is 13.3. The van der Waals surface area contributed by atoms with Gasteiger partial charge in [0.2, 0.25) is 0 Å². The third-order valence-corrected chi connectivity index (χ3v) is 2.76. The summed E-state index contributed by atoms with van der Waals surface area (Å²) in [6.07, 6.45) is 3.63. The molecule has 90 valence electrons. The fourth-order valence-corrected chi connectivity index (χ4v) is 1.83. The van der Waals surface area contributed by atoms with Gasteiger partial charge in [0.1, 0.15) is 5.82 Å². The number of halogens is 2. The molecule has 1 rings (SSSR count). The Morgan fingerprint density at radius 1 is 1.31 bits per heavy atom. The van der Waals surface area contributed by atoms with E-state index in [0.717, 1.165) is 25.7 Å². The SMILES string of the molecule is CC(C)(N)CCCCc1cc(Cl)ccc1F. The number of benzene rings is 1. The predicted molar refractivity (Wildman–Crippen MR) is 67.2 cm³/mol. The Labute approximate surface area is 102 Å². The zero-order valence-electron chi connectivity index (χ0n) is 9.89. The Balaban J connectivity index is 2.40. The van der Waals surface area contributed by atoms with E-state index in [0.29, 0.717) is 10.6 Å². The molecule has 1 aromatic carbocycles. The van der Waals surface area contributed by atoms with E-state index in [1.54, 1.807) is 12.1 Å². The van der Waals surface area contributed by atoms with Crippen LogP contribution in [0.2, 0.25) is 5.02 Å². The van der Waals surface area contributed by atoms with E-state index in [4.69, 9.17) is 17.3 Å². The normalized spacial score (nSPS) is 11.8. The zero-order valence-corrected chi connectivity index (χ0v) is 10.6. The Hall–Kier alpha value is -0.600. The highest BCUT2D eigenvalue weighted by Crippen LogP contribution is 2.18. The Morgan fingerprint density at radius 3 is 2.62 bits per heavy atom. The maximum atomic E-state index is 13.3. The number of hydrogen-bond donors (Lipinski definition) is 1. The third kappa shape index (κ3) is 4.95. The van der Waals surface area contributed by atoms with Gasteiger partial charge in [-0.2, -0.15) is 0 Å². The quantitative estimate of drug-likeness (QED) is 0.780. The number of unbranched alkanes of at least 4 members (excludes halogenated alkanes) is 1. The minimum Gasteiger partial charge on any atom is -0.326 e. The van der Waals surface area contributed by atoms with Crippen LogP contribution in [-0.2, 0) is 6.42 Å². The van der Waals surface area contributed by atoms with Gasteiger partial charge >= 0.3 is 0 Å². The molecule has 0 amide bonds. The second-order valence-corrected chi connectivity index (χ2v) is 5.37. The first-order chi connectivity index (χ1) is 7.38. The molecule has 0 fully saturated rings. The fraction of sp³-hybridized carbons (Fsp3) is 0.538. The van der Waals surface area contributed by atoms with Gasteiger partial charge in [-0.1, -0.05) is 18.0 Å². The van der Waals surface area contributed by atoms with E-state index in [-0.39, 0.29) is 11.4 Å². The molecule has 0 heterocycles. The molecular weight excluding hydrogens is 225 g/mol. The Kier molecular flexibility index (Phi) is 4.75. The van der Waals surface area contributed by atoms with Crippen molar-refractivity contribution >= 4 is 11.6 Å². The number of nitrogens with two attached hydrogens (primary N) is 1. The highest BCUT2D eigenvalue weighted by Gasteiger charge is 2.10. The van der Waals surface area contributed by atoms with Crippen molar-refractivity contribution in [1.82, 2.24) is 0 Å². The van der Waals surface area contributed by atoms with E-state index in [1.807, 2.05) is 13.8 Å². The average molecular weight is 244 g/mol. The van der Waals surface area contributed by atoms with E-state index >= 15 is 0 Å². The highest BCUT2D eigenvalue weighted by atomic mass is 35.5. The van der Waals surface area contributed by atoms with Crippen LogP contribution in [0.4, 0.5) is 4.39 Å². The van der Waals surface area contributed by atoms with Gasteiger partial charge < -0.3 is 5.73 Å².